The second-order valence-electron chi connectivity index (χ2n) is 3.75. The van der Waals surface area contributed by atoms with Crippen LogP contribution in [0.15, 0.2) is 53.0 Å². The molecule has 0 spiro atoms. The van der Waals surface area contributed by atoms with Crippen molar-refractivity contribution in [2.75, 3.05) is 6.54 Å². The first-order valence-electron chi connectivity index (χ1n) is 5.34. The molecule has 0 aliphatic carbocycles. The van der Waals surface area contributed by atoms with E-state index in [2.05, 4.69) is 52.3 Å². The molecule has 0 amide bonds. The summed E-state index contributed by atoms with van der Waals surface area (Å²) in [6.07, 6.45) is 0.943. The summed E-state index contributed by atoms with van der Waals surface area (Å²) in [5.41, 5.74) is 9.28. The van der Waals surface area contributed by atoms with Gasteiger partial charge in [-0.3, -0.25) is 0 Å². The molecule has 2 aromatic rings. The van der Waals surface area contributed by atoms with Gasteiger partial charge < -0.3 is 5.73 Å². The Balaban J connectivity index is 2.27. The van der Waals surface area contributed by atoms with Crippen LogP contribution in [0.2, 0.25) is 0 Å². The molecule has 0 aliphatic heterocycles. The molecule has 16 heavy (non-hydrogen) atoms. The van der Waals surface area contributed by atoms with E-state index in [1.807, 2.05) is 12.1 Å². The lowest BCUT2D eigenvalue weighted by Crippen LogP contribution is -2.02. The minimum atomic E-state index is 0.705. The van der Waals surface area contributed by atoms with Gasteiger partial charge in [-0.2, -0.15) is 0 Å². The van der Waals surface area contributed by atoms with Crippen LogP contribution in [0.4, 0.5) is 0 Å². The zero-order valence-corrected chi connectivity index (χ0v) is 10.6. The van der Waals surface area contributed by atoms with Gasteiger partial charge in [0.1, 0.15) is 0 Å². The van der Waals surface area contributed by atoms with Gasteiger partial charge in [0.2, 0.25) is 0 Å². The van der Waals surface area contributed by atoms with Crippen molar-refractivity contribution >= 4 is 15.9 Å². The topological polar surface area (TPSA) is 26.0 Å². The van der Waals surface area contributed by atoms with E-state index in [1.165, 1.54) is 16.7 Å². The number of hydrogen-bond donors (Lipinski definition) is 1. The summed E-state index contributed by atoms with van der Waals surface area (Å²) in [5, 5.41) is 0. The van der Waals surface area contributed by atoms with Crippen molar-refractivity contribution in [2.45, 2.75) is 6.42 Å². The van der Waals surface area contributed by atoms with Gasteiger partial charge in [-0.1, -0.05) is 52.3 Å². The smallest absolute Gasteiger partial charge is 0.0181 e. The fourth-order valence-corrected chi connectivity index (χ4v) is 2.10. The molecule has 0 bridgehead atoms. The van der Waals surface area contributed by atoms with Crippen LogP contribution in [-0.4, -0.2) is 6.54 Å². The Labute approximate surface area is 104 Å². The number of hydrogen-bond acceptors (Lipinski definition) is 1. The number of rotatable bonds is 3. The zero-order valence-electron chi connectivity index (χ0n) is 8.99. The predicted octanol–water partition coefficient (Wildman–Crippen LogP) is 3.62. The third-order valence-corrected chi connectivity index (χ3v) is 3.04. The SMILES string of the molecule is NCCc1ccc(-c2cccc(Br)c2)cc1. The molecule has 0 unspecified atom stereocenters. The van der Waals surface area contributed by atoms with Crippen LogP contribution in [-0.2, 0) is 6.42 Å². The molecule has 2 N–H and O–H groups in total. The van der Waals surface area contributed by atoms with E-state index in [-0.39, 0.29) is 0 Å². The average Bonchev–Trinajstić information content (AvgIpc) is 2.30. The second-order valence-corrected chi connectivity index (χ2v) is 4.66. The van der Waals surface area contributed by atoms with Gasteiger partial charge in [-0.15, -0.1) is 0 Å². The molecule has 2 aromatic carbocycles. The number of benzene rings is 2. The highest BCUT2D eigenvalue weighted by atomic mass is 79.9. The lowest BCUT2D eigenvalue weighted by atomic mass is 10.0. The molecule has 0 aromatic heterocycles. The first-order valence-corrected chi connectivity index (χ1v) is 6.14. The van der Waals surface area contributed by atoms with Gasteiger partial charge >= 0.3 is 0 Å². The van der Waals surface area contributed by atoms with E-state index in [0.29, 0.717) is 6.54 Å². The summed E-state index contributed by atoms with van der Waals surface area (Å²) in [4.78, 5) is 0. The molecule has 0 heterocycles. The minimum absolute atomic E-state index is 0.705. The minimum Gasteiger partial charge on any atom is -0.330 e. The van der Waals surface area contributed by atoms with E-state index in [1.54, 1.807) is 0 Å². The highest BCUT2D eigenvalue weighted by Crippen LogP contribution is 2.23. The standard InChI is InChI=1S/C14H14BrN/c15-14-3-1-2-13(10-14)12-6-4-11(5-7-12)8-9-16/h1-7,10H,8-9,16H2. The molecule has 2 rings (SSSR count). The quantitative estimate of drug-likeness (QED) is 0.910. The lowest BCUT2D eigenvalue weighted by molar-refractivity contribution is 0.969. The van der Waals surface area contributed by atoms with Gasteiger partial charge in [-0.05, 0) is 41.8 Å². The second kappa shape index (κ2) is 5.28. The number of nitrogens with two attached hydrogens (primary N) is 1. The Hall–Kier alpha value is -1.12. The Bertz CT molecular complexity index is 462. The van der Waals surface area contributed by atoms with Crippen molar-refractivity contribution in [3.63, 3.8) is 0 Å². The van der Waals surface area contributed by atoms with Gasteiger partial charge in [0.25, 0.3) is 0 Å². The van der Waals surface area contributed by atoms with Gasteiger partial charge in [0.05, 0.1) is 0 Å². The Morgan fingerprint density at radius 3 is 2.31 bits per heavy atom. The molecule has 0 saturated carbocycles. The monoisotopic (exact) mass is 275 g/mol. The highest BCUT2D eigenvalue weighted by Gasteiger charge is 1.98. The largest absolute Gasteiger partial charge is 0.330 e. The molecule has 0 aliphatic rings. The van der Waals surface area contributed by atoms with Gasteiger partial charge in [-0.25, -0.2) is 0 Å². The van der Waals surface area contributed by atoms with E-state index in [4.69, 9.17) is 5.73 Å². The maximum atomic E-state index is 5.52. The predicted molar refractivity (Wildman–Crippen MR) is 72.3 cm³/mol. The Kier molecular flexibility index (Phi) is 3.75. The third kappa shape index (κ3) is 2.71. The zero-order chi connectivity index (χ0) is 11.4. The molecule has 0 fully saturated rings. The average molecular weight is 276 g/mol. The fourth-order valence-electron chi connectivity index (χ4n) is 1.70. The van der Waals surface area contributed by atoms with E-state index in [0.717, 1.165) is 10.9 Å². The summed E-state index contributed by atoms with van der Waals surface area (Å²) >= 11 is 3.48. The summed E-state index contributed by atoms with van der Waals surface area (Å²) in [7, 11) is 0. The van der Waals surface area contributed by atoms with Crippen LogP contribution >= 0.6 is 15.9 Å². The van der Waals surface area contributed by atoms with Crippen LogP contribution in [0, 0.1) is 0 Å². The van der Waals surface area contributed by atoms with Gasteiger partial charge in [0, 0.05) is 4.47 Å². The molecule has 0 radical (unpaired) electrons. The summed E-state index contributed by atoms with van der Waals surface area (Å²) in [5.74, 6) is 0. The Morgan fingerprint density at radius 2 is 1.69 bits per heavy atom. The number of halogens is 1. The van der Waals surface area contributed by atoms with Gasteiger partial charge in [0.15, 0.2) is 0 Å². The van der Waals surface area contributed by atoms with Crippen LogP contribution in [0.1, 0.15) is 5.56 Å². The van der Waals surface area contributed by atoms with Crippen molar-refractivity contribution in [2.24, 2.45) is 5.73 Å². The van der Waals surface area contributed by atoms with Crippen molar-refractivity contribution in [1.82, 2.24) is 0 Å². The van der Waals surface area contributed by atoms with Crippen LogP contribution in [0.25, 0.3) is 11.1 Å². The van der Waals surface area contributed by atoms with E-state index >= 15 is 0 Å². The third-order valence-electron chi connectivity index (χ3n) is 2.54. The first kappa shape index (κ1) is 11.4. The summed E-state index contributed by atoms with van der Waals surface area (Å²) < 4.78 is 1.11. The molecule has 0 saturated heterocycles. The lowest BCUT2D eigenvalue weighted by Gasteiger charge is -2.04. The molecular weight excluding hydrogens is 262 g/mol. The van der Waals surface area contributed by atoms with Crippen LogP contribution in [0.5, 0.6) is 0 Å². The van der Waals surface area contributed by atoms with Crippen molar-refractivity contribution in [3.05, 3.63) is 58.6 Å². The van der Waals surface area contributed by atoms with Crippen molar-refractivity contribution < 1.29 is 0 Å². The maximum absolute atomic E-state index is 5.52. The van der Waals surface area contributed by atoms with Crippen LogP contribution < -0.4 is 5.73 Å². The molecule has 0 atom stereocenters. The van der Waals surface area contributed by atoms with E-state index in [9.17, 15) is 0 Å². The Morgan fingerprint density at radius 1 is 0.938 bits per heavy atom. The normalized spacial score (nSPS) is 10.4. The first-order chi connectivity index (χ1) is 7.79. The van der Waals surface area contributed by atoms with Crippen LogP contribution in [0.3, 0.4) is 0 Å². The van der Waals surface area contributed by atoms with E-state index < -0.39 is 0 Å². The molecule has 2 heteroatoms. The molecular formula is C14H14BrN. The summed E-state index contributed by atoms with van der Waals surface area (Å²) in [6.45, 7) is 0.705. The molecule has 82 valence electrons. The fraction of sp³-hybridized carbons (Fsp3) is 0.143. The molecule has 1 nitrogen and oxygen atoms in total. The summed E-state index contributed by atoms with van der Waals surface area (Å²) in [6, 6.07) is 16.9. The highest BCUT2D eigenvalue weighted by molar-refractivity contribution is 9.10. The van der Waals surface area contributed by atoms with Crippen molar-refractivity contribution in [1.29, 1.82) is 0 Å². The maximum Gasteiger partial charge on any atom is 0.0181 e. The van der Waals surface area contributed by atoms with Crippen molar-refractivity contribution in [3.8, 4) is 11.1 Å².